The van der Waals surface area contributed by atoms with Crippen molar-refractivity contribution in [1.29, 1.82) is 0 Å². The molecule has 148 valence electrons. The van der Waals surface area contributed by atoms with Gasteiger partial charge in [-0.15, -0.1) is 12.4 Å². The van der Waals surface area contributed by atoms with Crippen molar-refractivity contribution in [2.45, 2.75) is 44.1 Å². The van der Waals surface area contributed by atoms with Gasteiger partial charge >= 0.3 is 0 Å². The number of hydrogen-bond donors (Lipinski definition) is 3. The second kappa shape index (κ2) is 8.46. The van der Waals surface area contributed by atoms with Crippen molar-refractivity contribution in [3.63, 3.8) is 0 Å². The zero-order valence-electron chi connectivity index (χ0n) is 15.7. The molecule has 0 bridgehead atoms. The molecule has 1 unspecified atom stereocenters. The number of anilines is 2. The Bertz CT molecular complexity index is 805. The number of rotatable bonds is 6. The van der Waals surface area contributed by atoms with Crippen LogP contribution in [0.2, 0.25) is 0 Å². The number of piperidine rings is 1. The molecule has 3 heterocycles. The Morgan fingerprint density at radius 2 is 2.26 bits per heavy atom. The highest BCUT2D eigenvalue weighted by molar-refractivity contribution is 6.07. The van der Waals surface area contributed by atoms with Gasteiger partial charge in [-0.25, -0.2) is 4.98 Å². The molecule has 0 spiro atoms. The van der Waals surface area contributed by atoms with Gasteiger partial charge < -0.3 is 25.7 Å². The van der Waals surface area contributed by atoms with Crippen LogP contribution >= 0.6 is 12.4 Å². The Morgan fingerprint density at radius 1 is 1.44 bits per heavy atom. The van der Waals surface area contributed by atoms with Gasteiger partial charge in [0.15, 0.2) is 0 Å². The van der Waals surface area contributed by atoms with Crippen LogP contribution in [0.1, 0.15) is 43.6 Å². The van der Waals surface area contributed by atoms with Crippen LogP contribution in [-0.4, -0.2) is 48.7 Å². The molecular weight excluding hydrogens is 366 g/mol. The quantitative estimate of drug-likeness (QED) is 0.701. The second-order valence-corrected chi connectivity index (χ2v) is 7.40. The lowest BCUT2D eigenvalue weighted by Crippen LogP contribution is -2.43. The standard InChI is InChI=1S/C19H27N5O2.ClH/c1-26-8-6-16(25)23-15-10-22-19-17(15)18(14(9-21-19)12-4-5-12)24-7-2-3-13(20)11-24;/h9-10,12-13H,2-8,11,20H2,1H3,(H,21,22)(H,23,25);1H. The summed E-state index contributed by atoms with van der Waals surface area (Å²) < 4.78 is 5.01. The largest absolute Gasteiger partial charge is 0.384 e. The number of aromatic nitrogens is 2. The van der Waals surface area contributed by atoms with Crippen LogP contribution < -0.4 is 16.0 Å². The van der Waals surface area contributed by atoms with Crippen molar-refractivity contribution in [2.75, 3.05) is 37.0 Å². The molecule has 2 aromatic heterocycles. The van der Waals surface area contributed by atoms with Crippen LogP contribution in [0.3, 0.4) is 0 Å². The van der Waals surface area contributed by atoms with Crippen LogP contribution in [0.25, 0.3) is 11.0 Å². The average molecular weight is 394 g/mol. The Kier molecular flexibility index (Phi) is 6.24. The van der Waals surface area contributed by atoms with E-state index in [1.807, 2.05) is 12.4 Å². The van der Waals surface area contributed by atoms with Gasteiger partial charge in [0, 0.05) is 38.6 Å². The first-order valence-corrected chi connectivity index (χ1v) is 9.46. The predicted octanol–water partition coefficient (Wildman–Crippen LogP) is 2.76. The van der Waals surface area contributed by atoms with E-state index >= 15 is 0 Å². The van der Waals surface area contributed by atoms with Gasteiger partial charge in [-0.1, -0.05) is 0 Å². The van der Waals surface area contributed by atoms with Gasteiger partial charge in [-0.2, -0.15) is 0 Å². The molecule has 1 aliphatic heterocycles. The number of aromatic amines is 1. The lowest BCUT2D eigenvalue weighted by molar-refractivity contribution is -0.117. The van der Waals surface area contributed by atoms with Crippen LogP contribution in [0.5, 0.6) is 0 Å². The van der Waals surface area contributed by atoms with Crippen molar-refractivity contribution >= 4 is 40.7 Å². The highest BCUT2D eigenvalue weighted by Crippen LogP contribution is 2.48. The first kappa shape index (κ1) is 19.9. The van der Waals surface area contributed by atoms with E-state index in [2.05, 4.69) is 20.2 Å². The molecule has 2 aromatic rings. The minimum atomic E-state index is -0.0501. The van der Waals surface area contributed by atoms with Crippen LogP contribution in [-0.2, 0) is 9.53 Å². The van der Waals surface area contributed by atoms with Gasteiger partial charge in [0.05, 0.1) is 29.8 Å². The fraction of sp³-hybridized carbons (Fsp3) is 0.579. The van der Waals surface area contributed by atoms with Gasteiger partial charge in [0.2, 0.25) is 5.91 Å². The van der Waals surface area contributed by atoms with Crippen LogP contribution in [0, 0.1) is 0 Å². The third kappa shape index (κ3) is 4.20. The highest BCUT2D eigenvalue weighted by Gasteiger charge is 2.32. The summed E-state index contributed by atoms with van der Waals surface area (Å²) in [4.78, 5) is 22.4. The van der Waals surface area contributed by atoms with E-state index in [1.54, 1.807) is 7.11 Å². The number of carbonyl (C=O) groups is 1. The van der Waals surface area contributed by atoms with E-state index in [4.69, 9.17) is 10.5 Å². The Hall–Kier alpha value is -1.83. The van der Waals surface area contributed by atoms with E-state index in [-0.39, 0.29) is 24.4 Å². The topological polar surface area (TPSA) is 96.3 Å². The molecule has 7 nitrogen and oxygen atoms in total. The number of halogens is 1. The minimum Gasteiger partial charge on any atom is -0.384 e. The molecule has 0 aromatic carbocycles. The molecule has 1 amide bonds. The first-order valence-electron chi connectivity index (χ1n) is 9.46. The number of carbonyl (C=O) groups excluding carboxylic acids is 1. The Labute approximate surface area is 165 Å². The normalized spacial score (nSPS) is 19.8. The smallest absolute Gasteiger partial charge is 0.226 e. The summed E-state index contributed by atoms with van der Waals surface area (Å²) in [5, 5.41) is 4.04. The second-order valence-electron chi connectivity index (χ2n) is 7.40. The highest BCUT2D eigenvalue weighted by atomic mass is 35.5. The number of amides is 1. The summed E-state index contributed by atoms with van der Waals surface area (Å²) in [5.74, 6) is 0.526. The number of hydrogen-bond acceptors (Lipinski definition) is 5. The molecule has 1 saturated heterocycles. The molecule has 8 heteroatoms. The number of H-pyrrole nitrogens is 1. The molecule has 2 fully saturated rings. The molecular formula is C19H28ClN5O2. The van der Waals surface area contributed by atoms with Crippen molar-refractivity contribution in [1.82, 2.24) is 9.97 Å². The number of methoxy groups -OCH3 is 1. The SMILES string of the molecule is COCCC(=O)Nc1c[nH]c2ncc(C3CC3)c(N3CCCC(N)C3)c12.Cl. The maximum absolute atomic E-state index is 12.2. The molecule has 0 radical (unpaired) electrons. The monoisotopic (exact) mass is 393 g/mol. The first-order chi connectivity index (χ1) is 12.7. The van der Waals surface area contributed by atoms with E-state index in [1.165, 1.54) is 24.1 Å². The number of pyridine rings is 1. The number of nitrogens with one attached hydrogen (secondary N) is 2. The summed E-state index contributed by atoms with van der Waals surface area (Å²) in [6.45, 7) is 2.25. The fourth-order valence-electron chi connectivity index (χ4n) is 3.85. The molecule has 4 rings (SSSR count). The van der Waals surface area contributed by atoms with E-state index in [0.29, 0.717) is 18.9 Å². The van der Waals surface area contributed by atoms with Crippen LogP contribution in [0.15, 0.2) is 12.4 Å². The minimum absolute atomic E-state index is 0. The third-order valence-corrected chi connectivity index (χ3v) is 5.30. The lowest BCUT2D eigenvalue weighted by atomic mass is 10.0. The Morgan fingerprint density at radius 3 is 2.96 bits per heavy atom. The van der Waals surface area contributed by atoms with Gasteiger partial charge in [0.1, 0.15) is 5.65 Å². The summed E-state index contributed by atoms with van der Waals surface area (Å²) >= 11 is 0. The molecule has 1 atom stereocenters. The third-order valence-electron chi connectivity index (χ3n) is 5.30. The summed E-state index contributed by atoms with van der Waals surface area (Å²) in [5.41, 5.74) is 10.4. The average Bonchev–Trinajstić information content (AvgIpc) is 3.41. The van der Waals surface area contributed by atoms with Crippen molar-refractivity contribution in [3.05, 3.63) is 18.0 Å². The van der Waals surface area contributed by atoms with E-state index < -0.39 is 0 Å². The van der Waals surface area contributed by atoms with Crippen LogP contribution in [0.4, 0.5) is 11.4 Å². The zero-order valence-corrected chi connectivity index (χ0v) is 16.5. The Balaban J connectivity index is 0.00000210. The maximum atomic E-state index is 12.2. The van der Waals surface area contributed by atoms with Crippen molar-refractivity contribution in [2.24, 2.45) is 5.73 Å². The van der Waals surface area contributed by atoms with Crippen molar-refractivity contribution in [3.8, 4) is 0 Å². The van der Waals surface area contributed by atoms with E-state index in [0.717, 1.165) is 42.7 Å². The number of fused-ring (bicyclic) bond motifs is 1. The van der Waals surface area contributed by atoms with Gasteiger partial charge in [-0.3, -0.25) is 4.79 Å². The van der Waals surface area contributed by atoms with Gasteiger partial charge in [-0.05, 0) is 37.2 Å². The summed E-state index contributed by atoms with van der Waals surface area (Å²) in [7, 11) is 1.60. The molecule has 4 N–H and O–H groups in total. The summed E-state index contributed by atoms with van der Waals surface area (Å²) in [6.07, 6.45) is 8.75. The molecule has 1 aliphatic carbocycles. The zero-order chi connectivity index (χ0) is 18.1. The maximum Gasteiger partial charge on any atom is 0.226 e. The molecule has 1 saturated carbocycles. The lowest BCUT2D eigenvalue weighted by Gasteiger charge is -2.34. The summed E-state index contributed by atoms with van der Waals surface area (Å²) in [6, 6.07) is 0.192. The number of nitrogens with zero attached hydrogens (tertiary/aromatic N) is 2. The number of ether oxygens (including phenoxy) is 1. The predicted molar refractivity (Wildman–Crippen MR) is 110 cm³/mol. The van der Waals surface area contributed by atoms with E-state index in [9.17, 15) is 4.79 Å². The molecule has 27 heavy (non-hydrogen) atoms. The fourth-order valence-corrected chi connectivity index (χ4v) is 3.85. The molecule has 2 aliphatic rings. The van der Waals surface area contributed by atoms with Crippen molar-refractivity contribution < 1.29 is 9.53 Å². The van der Waals surface area contributed by atoms with Gasteiger partial charge in [0.25, 0.3) is 0 Å². The number of nitrogens with two attached hydrogens (primary N) is 1.